The molecule has 0 aromatic heterocycles. The summed E-state index contributed by atoms with van der Waals surface area (Å²) in [5.74, 6) is 0.0150. The lowest BCUT2D eigenvalue weighted by atomic mass is 10.1. The number of aliphatic hydroxyl groups excluding tert-OH is 1. The average Bonchev–Trinajstić information content (AvgIpc) is 2.03. The fourth-order valence-electron chi connectivity index (χ4n) is 0.974. The predicted octanol–water partition coefficient (Wildman–Crippen LogP) is 1.89. The second kappa shape index (κ2) is 3.54. The van der Waals surface area contributed by atoms with Crippen LogP contribution in [0.3, 0.4) is 0 Å². The van der Waals surface area contributed by atoms with E-state index < -0.39 is 11.9 Å². The highest BCUT2D eigenvalue weighted by molar-refractivity contribution is 5.29. The van der Waals surface area contributed by atoms with Gasteiger partial charge in [-0.2, -0.15) is 0 Å². The van der Waals surface area contributed by atoms with Crippen LogP contribution in [-0.4, -0.2) is 12.2 Å². The molecule has 1 aromatic carbocycles. The van der Waals surface area contributed by atoms with E-state index in [1.54, 1.807) is 6.07 Å². The summed E-state index contributed by atoms with van der Waals surface area (Å²) in [5, 5.41) is 9.09. The normalized spacial score (nSPS) is 12.7. The molecule has 0 saturated carbocycles. The van der Waals surface area contributed by atoms with E-state index in [2.05, 4.69) is 0 Å². The third-order valence-corrected chi connectivity index (χ3v) is 1.66. The quantitative estimate of drug-likeness (QED) is 0.734. The van der Waals surface area contributed by atoms with E-state index in [1.165, 1.54) is 26.2 Å². The van der Waals surface area contributed by atoms with E-state index in [0.717, 1.165) is 0 Å². The predicted molar refractivity (Wildman–Crippen MR) is 43.6 cm³/mol. The number of halogens is 1. The van der Waals surface area contributed by atoms with Gasteiger partial charge in [0.2, 0.25) is 0 Å². The average molecular weight is 170 g/mol. The minimum atomic E-state index is -0.782. The van der Waals surface area contributed by atoms with Crippen LogP contribution in [0.1, 0.15) is 18.6 Å². The van der Waals surface area contributed by atoms with E-state index in [0.29, 0.717) is 5.75 Å². The van der Waals surface area contributed by atoms with Gasteiger partial charge < -0.3 is 9.84 Å². The highest BCUT2D eigenvalue weighted by Gasteiger charge is 2.07. The van der Waals surface area contributed by atoms with Crippen LogP contribution in [0.15, 0.2) is 18.2 Å². The lowest BCUT2D eigenvalue weighted by Crippen LogP contribution is -1.96. The standard InChI is InChI=1S/C9H11FO2/c1-6(11)8-4-3-7(12-2)5-9(8)10/h3-6,11H,1-2H3. The monoisotopic (exact) mass is 170 g/mol. The van der Waals surface area contributed by atoms with Crippen LogP contribution >= 0.6 is 0 Å². The smallest absolute Gasteiger partial charge is 0.132 e. The molecule has 1 atom stereocenters. The molecule has 3 heteroatoms. The number of hydrogen-bond acceptors (Lipinski definition) is 2. The van der Waals surface area contributed by atoms with Crippen molar-refractivity contribution in [2.24, 2.45) is 0 Å². The number of hydrogen-bond donors (Lipinski definition) is 1. The highest BCUT2D eigenvalue weighted by Crippen LogP contribution is 2.20. The molecule has 1 N–H and O–H groups in total. The second-order valence-corrected chi connectivity index (χ2v) is 2.56. The molecule has 0 spiro atoms. The van der Waals surface area contributed by atoms with E-state index in [4.69, 9.17) is 9.84 Å². The maximum Gasteiger partial charge on any atom is 0.132 e. The summed E-state index contributed by atoms with van der Waals surface area (Å²) in [4.78, 5) is 0. The zero-order valence-electron chi connectivity index (χ0n) is 7.04. The Morgan fingerprint density at radius 2 is 2.17 bits per heavy atom. The van der Waals surface area contributed by atoms with Crippen molar-refractivity contribution >= 4 is 0 Å². The lowest BCUT2D eigenvalue weighted by Gasteiger charge is -2.07. The summed E-state index contributed by atoms with van der Waals surface area (Å²) < 4.78 is 17.9. The maximum atomic E-state index is 13.0. The number of methoxy groups -OCH3 is 1. The second-order valence-electron chi connectivity index (χ2n) is 2.56. The van der Waals surface area contributed by atoms with Gasteiger partial charge in [0.25, 0.3) is 0 Å². The zero-order valence-corrected chi connectivity index (χ0v) is 7.04. The van der Waals surface area contributed by atoms with Crippen molar-refractivity contribution in [1.29, 1.82) is 0 Å². The van der Waals surface area contributed by atoms with E-state index in [1.807, 2.05) is 0 Å². The van der Waals surface area contributed by atoms with Crippen molar-refractivity contribution in [1.82, 2.24) is 0 Å². The number of ether oxygens (including phenoxy) is 1. The van der Waals surface area contributed by atoms with Crippen LogP contribution < -0.4 is 4.74 Å². The van der Waals surface area contributed by atoms with Gasteiger partial charge in [0.15, 0.2) is 0 Å². The van der Waals surface area contributed by atoms with Crippen LogP contribution in [-0.2, 0) is 0 Å². The van der Waals surface area contributed by atoms with Crippen LogP contribution in [0.4, 0.5) is 4.39 Å². The van der Waals surface area contributed by atoms with Crippen LogP contribution in [0, 0.1) is 5.82 Å². The van der Waals surface area contributed by atoms with Crippen molar-refractivity contribution < 1.29 is 14.2 Å². The summed E-state index contributed by atoms with van der Waals surface area (Å²) in [6.07, 6.45) is -0.782. The number of aliphatic hydroxyl groups is 1. The van der Waals surface area contributed by atoms with E-state index in [-0.39, 0.29) is 5.56 Å². The molecule has 0 bridgehead atoms. The summed E-state index contributed by atoms with van der Waals surface area (Å²) in [6.45, 7) is 1.52. The highest BCUT2D eigenvalue weighted by atomic mass is 19.1. The Balaban J connectivity index is 3.03. The Bertz CT molecular complexity index is 271. The molecule has 12 heavy (non-hydrogen) atoms. The SMILES string of the molecule is COc1ccc(C(C)O)c(F)c1. The first kappa shape index (κ1) is 9.00. The van der Waals surface area contributed by atoms with Crippen LogP contribution in [0.2, 0.25) is 0 Å². The van der Waals surface area contributed by atoms with E-state index >= 15 is 0 Å². The Morgan fingerprint density at radius 3 is 2.58 bits per heavy atom. The number of rotatable bonds is 2. The van der Waals surface area contributed by atoms with Crippen molar-refractivity contribution in [3.8, 4) is 5.75 Å². The first-order valence-electron chi connectivity index (χ1n) is 3.66. The molecule has 0 aliphatic rings. The zero-order chi connectivity index (χ0) is 9.14. The molecule has 0 aliphatic carbocycles. The Labute approximate surface area is 70.6 Å². The van der Waals surface area contributed by atoms with Crippen LogP contribution in [0.25, 0.3) is 0 Å². The van der Waals surface area contributed by atoms with Gasteiger partial charge in [-0.1, -0.05) is 0 Å². The fraction of sp³-hybridized carbons (Fsp3) is 0.333. The van der Waals surface area contributed by atoms with Gasteiger partial charge >= 0.3 is 0 Å². The van der Waals surface area contributed by atoms with Gasteiger partial charge in [0.05, 0.1) is 13.2 Å². The molecule has 0 heterocycles. The Morgan fingerprint density at radius 1 is 1.50 bits per heavy atom. The molecule has 1 rings (SSSR count). The summed E-state index contributed by atoms with van der Waals surface area (Å²) in [6, 6.07) is 4.38. The molecule has 0 radical (unpaired) electrons. The van der Waals surface area contributed by atoms with Crippen molar-refractivity contribution in [2.75, 3.05) is 7.11 Å². The van der Waals surface area contributed by atoms with Gasteiger partial charge in [-0.25, -0.2) is 4.39 Å². The molecule has 0 amide bonds. The van der Waals surface area contributed by atoms with Crippen molar-refractivity contribution in [2.45, 2.75) is 13.0 Å². The Kier molecular flexibility index (Phi) is 2.65. The fourth-order valence-corrected chi connectivity index (χ4v) is 0.974. The third-order valence-electron chi connectivity index (χ3n) is 1.66. The maximum absolute atomic E-state index is 13.0. The third kappa shape index (κ3) is 1.74. The molecule has 0 saturated heterocycles. The molecule has 1 unspecified atom stereocenters. The molecule has 66 valence electrons. The van der Waals surface area contributed by atoms with E-state index in [9.17, 15) is 4.39 Å². The van der Waals surface area contributed by atoms with Crippen molar-refractivity contribution in [3.05, 3.63) is 29.6 Å². The van der Waals surface area contributed by atoms with Gasteiger partial charge in [-0.05, 0) is 19.1 Å². The summed E-state index contributed by atoms with van der Waals surface area (Å²) >= 11 is 0. The van der Waals surface area contributed by atoms with Gasteiger partial charge in [0, 0.05) is 11.6 Å². The topological polar surface area (TPSA) is 29.5 Å². The summed E-state index contributed by atoms with van der Waals surface area (Å²) in [7, 11) is 1.47. The summed E-state index contributed by atoms with van der Waals surface area (Å²) in [5.41, 5.74) is 0.288. The lowest BCUT2D eigenvalue weighted by molar-refractivity contribution is 0.194. The molecular weight excluding hydrogens is 159 g/mol. The first-order chi connectivity index (χ1) is 5.65. The van der Waals surface area contributed by atoms with Crippen molar-refractivity contribution in [3.63, 3.8) is 0 Å². The molecule has 1 aromatic rings. The molecule has 2 nitrogen and oxygen atoms in total. The first-order valence-corrected chi connectivity index (χ1v) is 3.66. The molecular formula is C9H11FO2. The molecule has 0 aliphatic heterocycles. The van der Waals surface area contributed by atoms with Gasteiger partial charge in [-0.3, -0.25) is 0 Å². The Hall–Kier alpha value is -1.09. The molecule has 0 fully saturated rings. The van der Waals surface area contributed by atoms with Gasteiger partial charge in [0.1, 0.15) is 11.6 Å². The minimum absolute atomic E-state index is 0.288. The van der Waals surface area contributed by atoms with Gasteiger partial charge in [-0.15, -0.1) is 0 Å². The largest absolute Gasteiger partial charge is 0.497 e. The minimum Gasteiger partial charge on any atom is -0.497 e. The number of benzene rings is 1. The van der Waals surface area contributed by atoms with Crippen LogP contribution in [0.5, 0.6) is 5.75 Å².